The van der Waals surface area contributed by atoms with Gasteiger partial charge in [-0.25, -0.2) is 0 Å². The summed E-state index contributed by atoms with van der Waals surface area (Å²) < 4.78 is 1.85. The lowest BCUT2D eigenvalue weighted by atomic mass is 10.0. The van der Waals surface area contributed by atoms with E-state index in [4.69, 9.17) is 5.73 Å². The van der Waals surface area contributed by atoms with E-state index in [2.05, 4.69) is 52.0 Å². The number of hydrogen-bond acceptors (Lipinski definition) is 6. The third kappa shape index (κ3) is 5.17. The van der Waals surface area contributed by atoms with Crippen molar-refractivity contribution in [3.8, 4) is 0 Å². The number of hydrogen-bond donors (Lipinski definition) is 1. The molecule has 2 aromatic rings. The molecule has 27 heavy (non-hydrogen) atoms. The van der Waals surface area contributed by atoms with Gasteiger partial charge in [-0.1, -0.05) is 31.7 Å². The summed E-state index contributed by atoms with van der Waals surface area (Å²) in [7, 11) is 1.91. The molecule has 1 fully saturated rings. The molecule has 0 radical (unpaired) electrons. The highest BCUT2D eigenvalue weighted by Crippen LogP contribution is 2.22. The van der Waals surface area contributed by atoms with Crippen LogP contribution in [0.25, 0.3) is 0 Å². The molecule has 1 aromatic carbocycles. The van der Waals surface area contributed by atoms with Gasteiger partial charge < -0.3 is 10.6 Å². The normalized spacial score (nSPS) is 15.4. The van der Waals surface area contributed by atoms with Crippen LogP contribution in [0.4, 0.5) is 11.6 Å². The Hall–Kier alpha value is -1.73. The van der Waals surface area contributed by atoms with Gasteiger partial charge in [-0.15, -0.1) is 10.2 Å². The van der Waals surface area contributed by atoms with Gasteiger partial charge in [-0.3, -0.25) is 9.47 Å². The summed E-state index contributed by atoms with van der Waals surface area (Å²) >= 11 is 1.73. The Morgan fingerprint density at radius 1 is 1.00 bits per heavy atom. The van der Waals surface area contributed by atoms with Crippen LogP contribution in [0.1, 0.15) is 31.4 Å². The molecule has 0 saturated carbocycles. The van der Waals surface area contributed by atoms with Crippen molar-refractivity contribution in [2.45, 2.75) is 38.3 Å². The highest BCUT2D eigenvalue weighted by Gasteiger charge is 2.17. The van der Waals surface area contributed by atoms with Gasteiger partial charge in [0.1, 0.15) is 0 Å². The lowest BCUT2D eigenvalue weighted by Crippen LogP contribution is -2.46. The summed E-state index contributed by atoms with van der Waals surface area (Å²) in [5, 5.41) is 8.90. The second-order valence-electron chi connectivity index (χ2n) is 7.15. The summed E-state index contributed by atoms with van der Waals surface area (Å²) in [6.45, 7) is 10.1. The predicted molar refractivity (Wildman–Crippen MR) is 115 cm³/mol. The first kappa shape index (κ1) is 20.0. The lowest BCUT2D eigenvalue weighted by Gasteiger charge is -2.36. The van der Waals surface area contributed by atoms with Gasteiger partial charge in [0.15, 0.2) is 5.16 Å². The molecule has 1 aliphatic rings. The fraction of sp³-hybridized carbons (Fsp3) is 0.600. The highest BCUT2D eigenvalue weighted by atomic mass is 32.2. The maximum atomic E-state index is 5.72. The van der Waals surface area contributed by atoms with Gasteiger partial charge in [-0.2, -0.15) is 0 Å². The number of nitrogen functional groups attached to an aromatic ring is 1. The van der Waals surface area contributed by atoms with Gasteiger partial charge >= 0.3 is 0 Å². The van der Waals surface area contributed by atoms with E-state index in [1.807, 2.05) is 11.6 Å². The summed E-state index contributed by atoms with van der Waals surface area (Å²) in [6.07, 6.45) is 3.37. The molecule has 1 saturated heterocycles. The van der Waals surface area contributed by atoms with Crippen LogP contribution < -0.4 is 10.6 Å². The van der Waals surface area contributed by atoms with Gasteiger partial charge in [0.05, 0.1) is 0 Å². The second-order valence-corrected chi connectivity index (χ2v) is 8.21. The summed E-state index contributed by atoms with van der Waals surface area (Å²) in [4.78, 5) is 5.12. The van der Waals surface area contributed by atoms with Crippen molar-refractivity contribution in [1.29, 1.82) is 0 Å². The second kappa shape index (κ2) is 9.46. The molecular formula is C20H32N6S. The molecular weight excluding hydrogens is 356 g/mol. The number of piperazine rings is 1. The zero-order valence-electron chi connectivity index (χ0n) is 16.8. The van der Waals surface area contributed by atoms with Gasteiger partial charge in [0.25, 0.3) is 0 Å². The summed E-state index contributed by atoms with van der Waals surface area (Å²) in [5.41, 5.74) is 10.0. The van der Waals surface area contributed by atoms with Crippen LogP contribution in [0.5, 0.6) is 0 Å². The molecule has 7 heteroatoms. The number of thioether (sulfide) groups is 1. The van der Waals surface area contributed by atoms with E-state index in [9.17, 15) is 0 Å². The molecule has 0 atom stereocenters. The Morgan fingerprint density at radius 2 is 1.67 bits per heavy atom. The lowest BCUT2D eigenvalue weighted by molar-refractivity contribution is 0.259. The maximum absolute atomic E-state index is 5.72. The van der Waals surface area contributed by atoms with Crippen LogP contribution in [0.2, 0.25) is 0 Å². The Bertz CT molecular complexity index is 714. The molecule has 1 aliphatic heterocycles. The first-order valence-corrected chi connectivity index (χ1v) is 11.0. The number of aromatic nitrogens is 3. The molecule has 0 amide bonds. The Labute approximate surface area is 167 Å². The zero-order chi connectivity index (χ0) is 19.2. The number of aryl methyl sites for hydroxylation is 2. The van der Waals surface area contributed by atoms with Gasteiger partial charge in [-0.05, 0) is 49.1 Å². The molecule has 2 N–H and O–H groups in total. The number of nitrogens with two attached hydrogens (primary N) is 1. The molecule has 148 valence electrons. The van der Waals surface area contributed by atoms with E-state index in [1.54, 1.807) is 11.8 Å². The van der Waals surface area contributed by atoms with Crippen LogP contribution in [0, 0.1) is 0 Å². The van der Waals surface area contributed by atoms with E-state index in [0.717, 1.165) is 62.9 Å². The predicted octanol–water partition coefficient (Wildman–Crippen LogP) is 2.83. The van der Waals surface area contributed by atoms with Crippen LogP contribution in [0.3, 0.4) is 0 Å². The van der Waals surface area contributed by atoms with Crippen molar-refractivity contribution in [2.24, 2.45) is 7.05 Å². The molecule has 6 nitrogen and oxygen atoms in total. The van der Waals surface area contributed by atoms with Crippen LogP contribution in [0.15, 0.2) is 23.4 Å². The van der Waals surface area contributed by atoms with Crippen LogP contribution >= 0.6 is 11.8 Å². The minimum atomic E-state index is 0.479. The first-order valence-electron chi connectivity index (χ1n) is 9.98. The molecule has 0 aliphatic carbocycles. The average Bonchev–Trinajstić information content (AvgIpc) is 3.03. The largest absolute Gasteiger partial charge is 0.369 e. The van der Waals surface area contributed by atoms with Crippen LogP contribution in [-0.2, 0) is 19.9 Å². The minimum absolute atomic E-state index is 0.479. The Kier molecular flexibility index (Phi) is 7.01. The number of anilines is 2. The Morgan fingerprint density at radius 3 is 2.22 bits per heavy atom. The topological polar surface area (TPSA) is 63.2 Å². The van der Waals surface area contributed by atoms with Gasteiger partial charge in [0.2, 0.25) is 5.95 Å². The van der Waals surface area contributed by atoms with Crippen LogP contribution in [-0.4, -0.2) is 58.1 Å². The molecule has 0 bridgehead atoms. The average molecular weight is 389 g/mol. The fourth-order valence-electron chi connectivity index (χ4n) is 3.47. The SMILES string of the molecule is CCc1cc(CC)cc(N2CCN(CCCSc3nnc(N)n3C)CC2)c1. The Balaban J connectivity index is 1.43. The number of benzene rings is 1. The van der Waals surface area contributed by atoms with Crippen molar-refractivity contribution in [2.75, 3.05) is 49.1 Å². The summed E-state index contributed by atoms with van der Waals surface area (Å²) in [5.74, 6) is 1.52. The third-order valence-corrected chi connectivity index (χ3v) is 6.42. The molecule has 2 heterocycles. The maximum Gasteiger partial charge on any atom is 0.222 e. The standard InChI is InChI=1S/C20H32N6S/c1-4-16-13-17(5-2)15-18(14-16)26-10-8-25(9-11-26)7-6-12-27-20-23-22-19(21)24(20)3/h13-15H,4-12H2,1-3H3,(H2,21,22). The zero-order valence-corrected chi connectivity index (χ0v) is 17.6. The molecule has 1 aromatic heterocycles. The first-order chi connectivity index (χ1) is 13.1. The van der Waals surface area contributed by atoms with E-state index >= 15 is 0 Å². The monoisotopic (exact) mass is 388 g/mol. The van der Waals surface area contributed by atoms with E-state index in [0.29, 0.717) is 5.95 Å². The van der Waals surface area contributed by atoms with Crippen molar-refractivity contribution in [1.82, 2.24) is 19.7 Å². The van der Waals surface area contributed by atoms with Crippen molar-refractivity contribution in [3.05, 3.63) is 29.3 Å². The minimum Gasteiger partial charge on any atom is -0.369 e. The number of nitrogens with zero attached hydrogens (tertiary/aromatic N) is 5. The number of rotatable bonds is 8. The molecule has 0 unspecified atom stereocenters. The highest BCUT2D eigenvalue weighted by molar-refractivity contribution is 7.99. The van der Waals surface area contributed by atoms with Crippen molar-refractivity contribution < 1.29 is 0 Å². The smallest absolute Gasteiger partial charge is 0.222 e. The quantitative estimate of drug-likeness (QED) is 0.554. The van der Waals surface area contributed by atoms with E-state index < -0.39 is 0 Å². The third-order valence-electron chi connectivity index (χ3n) is 5.31. The fourth-order valence-corrected chi connectivity index (χ4v) is 4.31. The van der Waals surface area contributed by atoms with Crippen molar-refractivity contribution >= 4 is 23.4 Å². The summed E-state index contributed by atoms with van der Waals surface area (Å²) in [6, 6.07) is 7.10. The molecule has 3 rings (SSSR count). The van der Waals surface area contributed by atoms with E-state index in [1.165, 1.54) is 16.8 Å². The van der Waals surface area contributed by atoms with Crippen molar-refractivity contribution in [3.63, 3.8) is 0 Å². The molecule has 0 spiro atoms. The van der Waals surface area contributed by atoms with Gasteiger partial charge in [0, 0.05) is 44.7 Å². The van der Waals surface area contributed by atoms with E-state index in [-0.39, 0.29) is 0 Å².